The van der Waals surface area contributed by atoms with Gasteiger partial charge < -0.3 is 15.1 Å². The smallest absolute Gasteiger partial charge is 0.243 e. The molecule has 0 unspecified atom stereocenters. The molecule has 3 aromatic rings. The molecule has 0 fully saturated rings. The lowest BCUT2D eigenvalue weighted by Gasteiger charge is -2.05. The SMILES string of the molecule is CS(=O)(=O)c1ccc(Nc2oc(-c3c(F)cccc3F)nc2NC=O)cc1. The molecule has 1 aromatic heterocycles. The summed E-state index contributed by atoms with van der Waals surface area (Å²) in [6.45, 7) is 0. The number of nitrogens with one attached hydrogen (secondary N) is 2. The van der Waals surface area contributed by atoms with E-state index in [4.69, 9.17) is 4.42 Å². The third-order valence-electron chi connectivity index (χ3n) is 3.54. The number of sulfone groups is 1. The summed E-state index contributed by atoms with van der Waals surface area (Å²) in [6.07, 6.45) is 1.41. The summed E-state index contributed by atoms with van der Waals surface area (Å²) in [5.41, 5.74) is -0.0695. The normalized spacial score (nSPS) is 11.2. The van der Waals surface area contributed by atoms with Gasteiger partial charge in [0, 0.05) is 11.9 Å². The molecule has 0 saturated carbocycles. The largest absolute Gasteiger partial charge is 0.418 e. The Labute approximate surface area is 153 Å². The molecule has 0 spiro atoms. The molecule has 10 heteroatoms. The van der Waals surface area contributed by atoms with Gasteiger partial charge in [0.2, 0.25) is 18.2 Å². The minimum absolute atomic E-state index is 0.0770. The molecule has 0 radical (unpaired) electrons. The second kappa shape index (κ2) is 7.16. The summed E-state index contributed by atoms with van der Waals surface area (Å²) in [5, 5.41) is 5.05. The van der Waals surface area contributed by atoms with Gasteiger partial charge in [0.1, 0.15) is 17.2 Å². The summed E-state index contributed by atoms with van der Waals surface area (Å²) < 4.78 is 56.2. The molecular weight excluding hydrogens is 380 g/mol. The fourth-order valence-corrected chi connectivity index (χ4v) is 2.91. The number of aromatic nitrogens is 1. The van der Waals surface area contributed by atoms with E-state index in [0.717, 1.165) is 18.4 Å². The number of nitrogens with zero attached hydrogens (tertiary/aromatic N) is 1. The Hall–Kier alpha value is -3.27. The van der Waals surface area contributed by atoms with Crippen LogP contribution in [-0.4, -0.2) is 26.1 Å². The molecule has 1 heterocycles. The topological polar surface area (TPSA) is 101 Å². The Balaban J connectivity index is 1.98. The second-order valence-corrected chi connectivity index (χ2v) is 7.49. The first kappa shape index (κ1) is 18.5. The number of rotatable bonds is 6. The summed E-state index contributed by atoms with van der Waals surface area (Å²) in [4.78, 5) is 14.8. The van der Waals surface area contributed by atoms with Crippen LogP contribution in [0.5, 0.6) is 0 Å². The van der Waals surface area contributed by atoms with Gasteiger partial charge in [-0.3, -0.25) is 4.79 Å². The van der Waals surface area contributed by atoms with Crippen LogP contribution in [0.4, 0.5) is 26.2 Å². The number of benzene rings is 2. The molecular formula is C17H13F2N3O4S. The minimum Gasteiger partial charge on any atom is -0.418 e. The molecule has 2 N–H and O–H groups in total. The summed E-state index contributed by atoms with van der Waals surface area (Å²) >= 11 is 0. The maximum Gasteiger partial charge on any atom is 0.243 e. The predicted octanol–water partition coefficient (Wildman–Crippen LogP) is 3.34. The number of amides is 1. The third-order valence-corrected chi connectivity index (χ3v) is 4.67. The van der Waals surface area contributed by atoms with Crippen LogP contribution in [0.1, 0.15) is 0 Å². The summed E-state index contributed by atoms with van der Waals surface area (Å²) in [7, 11) is -3.36. The molecule has 0 saturated heterocycles. The van der Waals surface area contributed by atoms with Gasteiger partial charge in [-0.2, -0.15) is 4.98 Å². The van der Waals surface area contributed by atoms with Crippen LogP contribution >= 0.6 is 0 Å². The van der Waals surface area contributed by atoms with Crippen molar-refractivity contribution in [3.05, 3.63) is 54.1 Å². The van der Waals surface area contributed by atoms with Crippen LogP contribution < -0.4 is 10.6 Å². The predicted molar refractivity (Wildman–Crippen MR) is 94.4 cm³/mol. The highest BCUT2D eigenvalue weighted by Crippen LogP contribution is 2.33. The molecule has 0 aliphatic heterocycles. The van der Waals surface area contributed by atoms with Gasteiger partial charge in [-0.1, -0.05) is 6.07 Å². The van der Waals surface area contributed by atoms with Crippen molar-refractivity contribution < 1.29 is 26.4 Å². The molecule has 0 atom stereocenters. The Bertz CT molecular complexity index is 1080. The van der Waals surface area contributed by atoms with Crippen LogP contribution in [-0.2, 0) is 14.6 Å². The van der Waals surface area contributed by atoms with Crippen LogP contribution in [0.25, 0.3) is 11.5 Å². The van der Waals surface area contributed by atoms with Crippen LogP contribution in [0, 0.1) is 11.6 Å². The van der Waals surface area contributed by atoms with Crippen molar-refractivity contribution in [1.29, 1.82) is 0 Å². The fourth-order valence-electron chi connectivity index (χ4n) is 2.28. The van der Waals surface area contributed by atoms with E-state index < -0.39 is 27.0 Å². The Morgan fingerprint density at radius 1 is 1.07 bits per heavy atom. The quantitative estimate of drug-likeness (QED) is 0.623. The Morgan fingerprint density at radius 2 is 1.70 bits per heavy atom. The average molecular weight is 393 g/mol. The van der Waals surface area contributed by atoms with Gasteiger partial charge in [-0.25, -0.2) is 17.2 Å². The zero-order valence-corrected chi connectivity index (χ0v) is 14.7. The first-order valence-corrected chi connectivity index (χ1v) is 9.41. The lowest BCUT2D eigenvalue weighted by atomic mass is 10.2. The standard InChI is InChI=1S/C17H13F2N3O4S/c1-27(24,25)11-7-5-10(6-8-11)21-17-15(20-9-23)22-16(26-17)14-12(18)3-2-4-13(14)19/h2-9,21H,1H3,(H,20,23). The number of halogens is 2. The maximum absolute atomic E-state index is 13.9. The number of carbonyl (C=O) groups is 1. The first-order chi connectivity index (χ1) is 12.8. The van der Waals surface area contributed by atoms with Crippen molar-refractivity contribution in [2.45, 2.75) is 4.90 Å². The van der Waals surface area contributed by atoms with E-state index >= 15 is 0 Å². The van der Waals surface area contributed by atoms with Crippen LogP contribution in [0.2, 0.25) is 0 Å². The van der Waals surface area contributed by atoms with E-state index in [-0.39, 0.29) is 22.5 Å². The van der Waals surface area contributed by atoms with Crippen molar-refractivity contribution in [1.82, 2.24) is 4.98 Å². The third kappa shape index (κ3) is 3.95. The van der Waals surface area contributed by atoms with Crippen molar-refractivity contribution in [2.75, 3.05) is 16.9 Å². The molecule has 1 amide bonds. The monoisotopic (exact) mass is 393 g/mol. The van der Waals surface area contributed by atoms with Crippen molar-refractivity contribution in [3.63, 3.8) is 0 Å². The lowest BCUT2D eigenvalue weighted by Crippen LogP contribution is -1.99. The van der Waals surface area contributed by atoms with Crippen LogP contribution in [0.3, 0.4) is 0 Å². The molecule has 0 aliphatic carbocycles. The van der Waals surface area contributed by atoms with E-state index in [1.54, 1.807) is 0 Å². The molecule has 140 valence electrons. The zero-order chi connectivity index (χ0) is 19.6. The number of anilines is 3. The number of hydrogen-bond acceptors (Lipinski definition) is 6. The fraction of sp³-hybridized carbons (Fsp3) is 0.0588. The van der Waals surface area contributed by atoms with E-state index in [1.807, 2.05) is 0 Å². The molecule has 0 bridgehead atoms. The van der Waals surface area contributed by atoms with Gasteiger partial charge in [0.25, 0.3) is 0 Å². The van der Waals surface area contributed by atoms with Gasteiger partial charge in [0.05, 0.1) is 4.90 Å². The van der Waals surface area contributed by atoms with Gasteiger partial charge in [-0.05, 0) is 36.4 Å². The Morgan fingerprint density at radius 3 is 2.26 bits per heavy atom. The van der Waals surface area contributed by atoms with E-state index in [9.17, 15) is 22.0 Å². The number of oxazole rings is 1. The van der Waals surface area contributed by atoms with Crippen molar-refractivity contribution in [2.24, 2.45) is 0 Å². The maximum atomic E-state index is 13.9. The number of carbonyl (C=O) groups excluding carboxylic acids is 1. The van der Waals surface area contributed by atoms with Gasteiger partial charge in [-0.15, -0.1) is 0 Å². The average Bonchev–Trinajstić information content (AvgIpc) is 2.97. The minimum atomic E-state index is -3.36. The molecule has 3 rings (SSSR count). The molecule has 2 aromatic carbocycles. The van der Waals surface area contributed by atoms with Gasteiger partial charge in [0.15, 0.2) is 15.7 Å². The highest BCUT2D eigenvalue weighted by molar-refractivity contribution is 7.90. The highest BCUT2D eigenvalue weighted by Gasteiger charge is 2.21. The first-order valence-electron chi connectivity index (χ1n) is 7.52. The van der Waals surface area contributed by atoms with E-state index in [1.165, 1.54) is 30.3 Å². The summed E-state index contributed by atoms with van der Waals surface area (Å²) in [5.74, 6) is -2.29. The van der Waals surface area contributed by atoms with Crippen molar-refractivity contribution in [3.8, 4) is 11.5 Å². The van der Waals surface area contributed by atoms with E-state index in [0.29, 0.717) is 12.1 Å². The zero-order valence-electron chi connectivity index (χ0n) is 13.9. The molecule has 7 nitrogen and oxygen atoms in total. The van der Waals surface area contributed by atoms with Crippen molar-refractivity contribution >= 4 is 33.6 Å². The summed E-state index contributed by atoms with van der Waals surface area (Å²) in [6, 6.07) is 8.97. The Kier molecular flexibility index (Phi) is 4.91. The highest BCUT2D eigenvalue weighted by atomic mass is 32.2. The molecule has 0 aliphatic rings. The van der Waals surface area contributed by atoms with Gasteiger partial charge >= 0.3 is 0 Å². The lowest BCUT2D eigenvalue weighted by molar-refractivity contribution is -0.105. The molecule has 27 heavy (non-hydrogen) atoms. The van der Waals surface area contributed by atoms with Crippen LogP contribution in [0.15, 0.2) is 51.8 Å². The number of hydrogen-bond donors (Lipinski definition) is 2. The van der Waals surface area contributed by atoms with E-state index in [2.05, 4.69) is 15.6 Å². The second-order valence-electron chi connectivity index (χ2n) is 5.48.